The van der Waals surface area contributed by atoms with Gasteiger partial charge in [-0.1, -0.05) is 11.6 Å². The quantitative estimate of drug-likeness (QED) is 0.589. The van der Waals surface area contributed by atoms with Crippen molar-refractivity contribution in [3.63, 3.8) is 0 Å². The normalized spacial score (nSPS) is 13.8. The van der Waals surface area contributed by atoms with Crippen molar-refractivity contribution in [3.8, 4) is 5.75 Å². The average molecular weight is 288 g/mol. The van der Waals surface area contributed by atoms with Crippen molar-refractivity contribution in [1.29, 1.82) is 0 Å². The molecule has 0 aliphatic heterocycles. The second-order valence-electron chi connectivity index (χ2n) is 4.38. The molecule has 98 valence electrons. The van der Waals surface area contributed by atoms with Crippen molar-refractivity contribution < 1.29 is 15.0 Å². The summed E-state index contributed by atoms with van der Waals surface area (Å²) in [6, 6.07) is 3.45. The van der Waals surface area contributed by atoms with Gasteiger partial charge in [0.1, 0.15) is 5.75 Å². The molecule has 0 heterocycles. The van der Waals surface area contributed by atoms with E-state index in [0.29, 0.717) is 10.6 Å². The van der Waals surface area contributed by atoms with Crippen LogP contribution in [0.3, 0.4) is 0 Å². The van der Waals surface area contributed by atoms with Crippen LogP contribution in [-0.4, -0.2) is 33.2 Å². The zero-order valence-electron chi connectivity index (χ0n) is 9.96. The molecule has 1 aromatic carbocycles. The zero-order valence-corrected chi connectivity index (χ0v) is 11.6. The van der Waals surface area contributed by atoms with E-state index in [4.69, 9.17) is 16.7 Å². The third-order valence-corrected chi connectivity index (χ3v) is 2.74. The largest absolute Gasteiger partial charge is 0.507 e. The summed E-state index contributed by atoms with van der Waals surface area (Å²) in [5.74, 6) is -1.09. The van der Waals surface area contributed by atoms with E-state index in [1.165, 1.54) is 24.4 Å². The molecule has 0 radical (unpaired) electrons. The standard InChI is InChI=1S/C12H14ClNO3S/c1-12(2,18)10(11(16)17)14-6-7-5-8(13)3-4-9(7)15/h3-6,10,15,18H,1-2H3,(H,16,17). The van der Waals surface area contributed by atoms with Crippen LogP contribution < -0.4 is 0 Å². The first-order chi connectivity index (χ1) is 8.21. The number of benzene rings is 1. The van der Waals surface area contributed by atoms with Gasteiger partial charge in [0.2, 0.25) is 0 Å². The fraction of sp³-hybridized carbons (Fsp3) is 0.333. The number of hydrogen-bond donors (Lipinski definition) is 3. The van der Waals surface area contributed by atoms with Gasteiger partial charge in [-0.2, -0.15) is 12.6 Å². The molecule has 18 heavy (non-hydrogen) atoms. The highest BCUT2D eigenvalue weighted by Gasteiger charge is 2.31. The molecule has 2 N–H and O–H groups in total. The minimum atomic E-state index is -1.08. The summed E-state index contributed by atoms with van der Waals surface area (Å²) >= 11 is 9.98. The summed E-state index contributed by atoms with van der Waals surface area (Å²) in [7, 11) is 0. The van der Waals surface area contributed by atoms with E-state index in [1.807, 2.05) is 0 Å². The summed E-state index contributed by atoms with van der Waals surface area (Å²) < 4.78 is -0.809. The van der Waals surface area contributed by atoms with Crippen LogP contribution in [0, 0.1) is 0 Å². The molecule has 0 saturated heterocycles. The van der Waals surface area contributed by atoms with Crippen LogP contribution in [-0.2, 0) is 4.79 Å². The zero-order chi connectivity index (χ0) is 13.9. The van der Waals surface area contributed by atoms with Crippen LogP contribution in [0.15, 0.2) is 23.2 Å². The Bertz CT molecular complexity index is 483. The molecular formula is C12H14ClNO3S. The van der Waals surface area contributed by atoms with E-state index in [9.17, 15) is 9.90 Å². The monoisotopic (exact) mass is 287 g/mol. The molecule has 0 amide bonds. The van der Waals surface area contributed by atoms with Crippen LogP contribution in [0.25, 0.3) is 0 Å². The van der Waals surface area contributed by atoms with E-state index >= 15 is 0 Å². The molecule has 1 rings (SSSR count). The van der Waals surface area contributed by atoms with Gasteiger partial charge in [-0.25, -0.2) is 4.79 Å². The highest BCUT2D eigenvalue weighted by atomic mass is 35.5. The molecule has 4 nitrogen and oxygen atoms in total. The van der Waals surface area contributed by atoms with Crippen LogP contribution in [0.4, 0.5) is 0 Å². The third kappa shape index (κ3) is 3.92. The summed E-state index contributed by atoms with van der Waals surface area (Å²) in [4.78, 5) is 15.0. The van der Waals surface area contributed by atoms with Gasteiger partial charge < -0.3 is 10.2 Å². The van der Waals surface area contributed by atoms with Crippen molar-refractivity contribution >= 4 is 36.4 Å². The first-order valence-corrected chi connectivity index (χ1v) is 6.01. The number of aromatic hydroxyl groups is 1. The number of nitrogens with zero attached hydrogens (tertiary/aromatic N) is 1. The molecule has 0 aromatic heterocycles. The Kier molecular flexibility index (Phi) is 4.65. The average Bonchev–Trinajstić information content (AvgIpc) is 2.20. The molecule has 0 aliphatic carbocycles. The van der Waals surface area contributed by atoms with Gasteiger partial charge in [0.05, 0.1) is 0 Å². The first kappa shape index (κ1) is 14.9. The first-order valence-electron chi connectivity index (χ1n) is 5.18. The predicted molar refractivity (Wildman–Crippen MR) is 75.2 cm³/mol. The number of halogens is 1. The van der Waals surface area contributed by atoms with E-state index in [2.05, 4.69) is 17.6 Å². The molecule has 1 aromatic rings. The summed E-state index contributed by atoms with van der Waals surface area (Å²) in [5, 5.41) is 19.1. The lowest BCUT2D eigenvalue weighted by Crippen LogP contribution is -2.36. The Hall–Kier alpha value is -1.20. The topological polar surface area (TPSA) is 69.9 Å². The Labute approximate surface area is 116 Å². The maximum Gasteiger partial charge on any atom is 0.329 e. The number of aliphatic carboxylic acids is 1. The maximum atomic E-state index is 11.1. The number of carboxylic acids is 1. The second-order valence-corrected chi connectivity index (χ2v) is 5.96. The Balaban J connectivity index is 3.04. The van der Waals surface area contributed by atoms with Gasteiger partial charge in [0.25, 0.3) is 0 Å². The number of phenols is 1. The lowest BCUT2D eigenvalue weighted by Gasteiger charge is -2.22. The van der Waals surface area contributed by atoms with E-state index < -0.39 is 16.8 Å². The lowest BCUT2D eigenvalue weighted by molar-refractivity contribution is -0.138. The Morgan fingerprint density at radius 3 is 2.67 bits per heavy atom. The lowest BCUT2D eigenvalue weighted by atomic mass is 10.0. The number of phenolic OH excluding ortho intramolecular Hbond substituents is 1. The van der Waals surface area contributed by atoms with Crippen molar-refractivity contribution in [2.24, 2.45) is 4.99 Å². The van der Waals surface area contributed by atoms with Gasteiger partial charge in [0, 0.05) is 21.5 Å². The fourth-order valence-electron chi connectivity index (χ4n) is 1.33. The van der Waals surface area contributed by atoms with Crippen LogP contribution in [0.5, 0.6) is 5.75 Å². The molecule has 1 unspecified atom stereocenters. The van der Waals surface area contributed by atoms with Crippen LogP contribution in [0.1, 0.15) is 19.4 Å². The molecule has 1 atom stereocenters. The molecular weight excluding hydrogens is 274 g/mol. The SMILES string of the molecule is CC(C)(S)C(N=Cc1cc(Cl)ccc1O)C(=O)O. The van der Waals surface area contributed by atoms with Crippen LogP contribution >= 0.6 is 24.2 Å². The Morgan fingerprint density at radius 1 is 1.56 bits per heavy atom. The number of carboxylic acid groups (broad SMARTS) is 1. The minimum Gasteiger partial charge on any atom is -0.507 e. The number of carbonyl (C=O) groups is 1. The van der Waals surface area contributed by atoms with Crippen molar-refractivity contribution in [1.82, 2.24) is 0 Å². The summed E-state index contributed by atoms with van der Waals surface area (Å²) in [6.07, 6.45) is 1.29. The molecule has 0 fully saturated rings. The van der Waals surface area contributed by atoms with Crippen molar-refractivity contribution in [2.45, 2.75) is 24.6 Å². The van der Waals surface area contributed by atoms with Crippen molar-refractivity contribution in [3.05, 3.63) is 28.8 Å². The second kappa shape index (κ2) is 5.63. The van der Waals surface area contributed by atoms with Gasteiger partial charge in [-0.05, 0) is 32.0 Å². The van der Waals surface area contributed by atoms with Gasteiger partial charge >= 0.3 is 5.97 Å². The number of thiol groups is 1. The minimum absolute atomic E-state index is 0.00995. The molecule has 6 heteroatoms. The highest BCUT2D eigenvalue weighted by Crippen LogP contribution is 2.23. The Morgan fingerprint density at radius 2 is 2.17 bits per heavy atom. The molecule has 0 spiro atoms. The van der Waals surface area contributed by atoms with E-state index in [0.717, 1.165) is 0 Å². The van der Waals surface area contributed by atoms with E-state index in [1.54, 1.807) is 13.8 Å². The number of aliphatic imine (C=N–C) groups is 1. The van der Waals surface area contributed by atoms with E-state index in [-0.39, 0.29) is 5.75 Å². The number of rotatable bonds is 4. The third-order valence-electron chi connectivity index (χ3n) is 2.26. The van der Waals surface area contributed by atoms with Gasteiger partial charge in [-0.3, -0.25) is 4.99 Å². The summed E-state index contributed by atoms with van der Waals surface area (Å²) in [5.41, 5.74) is 0.367. The highest BCUT2D eigenvalue weighted by molar-refractivity contribution is 7.81. The van der Waals surface area contributed by atoms with Crippen molar-refractivity contribution in [2.75, 3.05) is 0 Å². The number of hydrogen-bond acceptors (Lipinski definition) is 4. The van der Waals surface area contributed by atoms with Gasteiger partial charge in [-0.15, -0.1) is 0 Å². The summed E-state index contributed by atoms with van der Waals surface area (Å²) in [6.45, 7) is 3.31. The maximum absolute atomic E-state index is 11.1. The van der Waals surface area contributed by atoms with Gasteiger partial charge in [0.15, 0.2) is 6.04 Å². The molecule has 0 saturated carbocycles. The predicted octanol–water partition coefficient (Wildman–Crippen LogP) is 2.63. The van der Waals surface area contributed by atoms with Crippen LogP contribution in [0.2, 0.25) is 5.02 Å². The smallest absolute Gasteiger partial charge is 0.329 e. The molecule has 0 bridgehead atoms. The fourth-order valence-corrected chi connectivity index (χ4v) is 1.69. The molecule has 0 aliphatic rings.